The summed E-state index contributed by atoms with van der Waals surface area (Å²) in [4.78, 5) is 2.51. The molecule has 1 aromatic rings. The summed E-state index contributed by atoms with van der Waals surface area (Å²) in [5.41, 5.74) is 4.35. The van der Waals surface area contributed by atoms with Gasteiger partial charge >= 0.3 is 0 Å². The third-order valence-electron chi connectivity index (χ3n) is 4.44. The van der Waals surface area contributed by atoms with Crippen molar-refractivity contribution in [3.63, 3.8) is 0 Å². The maximum Gasteiger partial charge on any atom is 0.0494 e. The Morgan fingerprint density at radius 2 is 1.84 bits per heavy atom. The van der Waals surface area contributed by atoms with E-state index in [0.717, 1.165) is 19.0 Å². The van der Waals surface area contributed by atoms with Crippen molar-refractivity contribution in [1.82, 2.24) is 0 Å². The highest BCUT2D eigenvalue weighted by molar-refractivity contribution is 6.17. The molecule has 0 atom stereocenters. The van der Waals surface area contributed by atoms with Gasteiger partial charge in [-0.15, -0.1) is 11.6 Å². The molecule has 0 bridgehead atoms. The molecule has 1 aliphatic rings. The van der Waals surface area contributed by atoms with Crippen LogP contribution >= 0.6 is 11.6 Å². The largest absolute Gasteiger partial charge is 0.371 e. The Labute approximate surface area is 123 Å². The van der Waals surface area contributed by atoms with Crippen molar-refractivity contribution in [3.8, 4) is 0 Å². The summed E-state index contributed by atoms with van der Waals surface area (Å²) in [6.45, 7) is 11.5. The van der Waals surface area contributed by atoms with Gasteiger partial charge in [-0.05, 0) is 42.7 Å². The standard InChI is InChI=1S/C17H26ClN/c1-13-5-6-16(14(11-13)12-18)19-9-7-15(8-10-19)17(2,3)4/h5-6,11,15H,7-10,12H2,1-4H3. The van der Waals surface area contributed by atoms with Gasteiger partial charge in [0.1, 0.15) is 0 Å². The van der Waals surface area contributed by atoms with Crippen molar-refractivity contribution in [2.24, 2.45) is 11.3 Å². The number of hydrogen-bond acceptors (Lipinski definition) is 1. The van der Waals surface area contributed by atoms with Crippen LogP contribution in [0.3, 0.4) is 0 Å². The van der Waals surface area contributed by atoms with Crippen LogP contribution in [0.4, 0.5) is 5.69 Å². The lowest BCUT2D eigenvalue weighted by atomic mass is 9.75. The first-order valence-electron chi connectivity index (χ1n) is 7.32. The number of piperidine rings is 1. The number of anilines is 1. The Balaban J connectivity index is 2.10. The monoisotopic (exact) mass is 279 g/mol. The highest BCUT2D eigenvalue weighted by Crippen LogP contribution is 2.36. The summed E-state index contributed by atoms with van der Waals surface area (Å²) in [7, 11) is 0. The Hall–Kier alpha value is -0.690. The van der Waals surface area contributed by atoms with Gasteiger partial charge in [-0.2, -0.15) is 0 Å². The second-order valence-corrected chi connectivity index (χ2v) is 7.16. The van der Waals surface area contributed by atoms with E-state index in [2.05, 4.69) is 50.8 Å². The zero-order valence-corrected chi connectivity index (χ0v) is 13.4. The van der Waals surface area contributed by atoms with Gasteiger partial charge in [0.2, 0.25) is 0 Å². The third-order valence-corrected chi connectivity index (χ3v) is 4.73. The van der Waals surface area contributed by atoms with E-state index in [1.807, 2.05) is 0 Å². The van der Waals surface area contributed by atoms with Crippen molar-refractivity contribution in [2.75, 3.05) is 18.0 Å². The molecule has 106 valence electrons. The SMILES string of the molecule is Cc1ccc(N2CCC(C(C)(C)C)CC2)c(CCl)c1. The first-order chi connectivity index (χ1) is 8.91. The minimum Gasteiger partial charge on any atom is -0.371 e. The molecule has 0 aliphatic carbocycles. The molecule has 0 amide bonds. The molecule has 19 heavy (non-hydrogen) atoms. The smallest absolute Gasteiger partial charge is 0.0494 e. The summed E-state index contributed by atoms with van der Waals surface area (Å²) in [6, 6.07) is 6.66. The fourth-order valence-corrected chi connectivity index (χ4v) is 3.33. The van der Waals surface area contributed by atoms with Gasteiger partial charge in [-0.3, -0.25) is 0 Å². The van der Waals surface area contributed by atoms with Crippen LogP contribution in [0.5, 0.6) is 0 Å². The van der Waals surface area contributed by atoms with Crippen LogP contribution in [0.25, 0.3) is 0 Å². The molecule has 2 rings (SSSR count). The molecule has 0 aromatic heterocycles. The van der Waals surface area contributed by atoms with E-state index in [1.165, 1.54) is 29.7 Å². The molecule has 1 fully saturated rings. The molecular formula is C17H26ClN. The Morgan fingerprint density at radius 3 is 2.37 bits per heavy atom. The maximum atomic E-state index is 6.10. The van der Waals surface area contributed by atoms with E-state index < -0.39 is 0 Å². The molecule has 0 N–H and O–H groups in total. The van der Waals surface area contributed by atoms with E-state index in [9.17, 15) is 0 Å². The quantitative estimate of drug-likeness (QED) is 0.689. The van der Waals surface area contributed by atoms with Crippen LogP contribution in [0.15, 0.2) is 18.2 Å². The van der Waals surface area contributed by atoms with Crippen LogP contribution in [0.2, 0.25) is 0 Å². The lowest BCUT2D eigenvalue weighted by Gasteiger charge is -2.40. The van der Waals surface area contributed by atoms with E-state index >= 15 is 0 Å². The summed E-state index contributed by atoms with van der Waals surface area (Å²) >= 11 is 6.10. The third kappa shape index (κ3) is 3.45. The van der Waals surface area contributed by atoms with E-state index in [1.54, 1.807) is 0 Å². The Morgan fingerprint density at radius 1 is 1.21 bits per heavy atom. The van der Waals surface area contributed by atoms with Gasteiger partial charge in [0.05, 0.1) is 0 Å². The average Bonchev–Trinajstić information content (AvgIpc) is 2.37. The summed E-state index contributed by atoms with van der Waals surface area (Å²) < 4.78 is 0. The number of rotatable bonds is 2. The first-order valence-corrected chi connectivity index (χ1v) is 7.85. The van der Waals surface area contributed by atoms with E-state index in [0.29, 0.717) is 11.3 Å². The fourth-order valence-electron chi connectivity index (χ4n) is 3.12. The summed E-state index contributed by atoms with van der Waals surface area (Å²) in [5.74, 6) is 1.45. The van der Waals surface area contributed by atoms with Gasteiger partial charge in [0.15, 0.2) is 0 Å². The number of halogens is 1. The van der Waals surface area contributed by atoms with Crippen LogP contribution in [-0.4, -0.2) is 13.1 Å². The predicted molar refractivity (Wildman–Crippen MR) is 85.1 cm³/mol. The summed E-state index contributed by atoms with van der Waals surface area (Å²) in [5, 5.41) is 0. The van der Waals surface area contributed by atoms with Gasteiger partial charge in [-0.25, -0.2) is 0 Å². The van der Waals surface area contributed by atoms with Gasteiger partial charge in [0.25, 0.3) is 0 Å². The number of hydrogen-bond donors (Lipinski definition) is 0. The number of aryl methyl sites for hydroxylation is 1. The zero-order chi connectivity index (χ0) is 14.0. The molecule has 1 aliphatic heterocycles. The fraction of sp³-hybridized carbons (Fsp3) is 0.647. The van der Waals surface area contributed by atoms with Crippen LogP contribution in [0, 0.1) is 18.3 Å². The molecule has 0 unspecified atom stereocenters. The lowest BCUT2D eigenvalue weighted by Crippen LogP contribution is -2.38. The molecule has 0 spiro atoms. The minimum absolute atomic E-state index is 0.439. The second kappa shape index (κ2) is 5.75. The topological polar surface area (TPSA) is 3.24 Å². The molecule has 0 radical (unpaired) electrons. The summed E-state index contributed by atoms with van der Waals surface area (Å²) in [6.07, 6.45) is 2.58. The normalized spacial score (nSPS) is 17.8. The second-order valence-electron chi connectivity index (χ2n) is 6.89. The molecule has 1 saturated heterocycles. The van der Waals surface area contributed by atoms with Crippen LogP contribution in [-0.2, 0) is 5.88 Å². The molecule has 0 saturated carbocycles. The van der Waals surface area contributed by atoms with Crippen molar-refractivity contribution in [3.05, 3.63) is 29.3 Å². The van der Waals surface area contributed by atoms with E-state index in [4.69, 9.17) is 11.6 Å². The number of nitrogens with zero attached hydrogens (tertiary/aromatic N) is 1. The van der Waals surface area contributed by atoms with Gasteiger partial charge < -0.3 is 4.90 Å². The average molecular weight is 280 g/mol. The molecular weight excluding hydrogens is 254 g/mol. The van der Waals surface area contributed by atoms with Crippen LogP contribution in [0.1, 0.15) is 44.7 Å². The predicted octanol–water partition coefficient (Wildman–Crippen LogP) is 5.00. The molecule has 1 heterocycles. The molecule has 1 nitrogen and oxygen atoms in total. The highest BCUT2D eigenvalue weighted by atomic mass is 35.5. The molecule has 1 aromatic carbocycles. The Bertz CT molecular complexity index is 425. The Kier molecular flexibility index (Phi) is 4.45. The van der Waals surface area contributed by atoms with E-state index in [-0.39, 0.29) is 0 Å². The number of alkyl halides is 1. The highest BCUT2D eigenvalue weighted by Gasteiger charge is 2.29. The zero-order valence-electron chi connectivity index (χ0n) is 12.7. The maximum absolute atomic E-state index is 6.10. The minimum atomic E-state index is 0.439. The van der Waals surface area contributed by atoms with Crippen molar-refractivity contribution in [2.45, 2.75) is 46.4 Å². The van der Waals surface area contributed by atoms with Gasteiger partial charge in [0, 0.05) is 24.7 Å². The lowest BCUT2D eigenvalue weighted by molar-refractivity contribution is 0.199. The molecule has 2 heteroatoms. The van der Waals surface area contributed by atoms with Crippen molar-refractivity contribution >= 4 is 17.3 Å². The van der Waals surface area contributed by atoms with Gasteiger partial charge in [-0.1, -0.05) is 38.5 Å². The first kappa shape index (κ1) is 14.7. The van der Waals surface area contributed by atoms with Crippen molar-refractivity contribution in [1.29, 1.82) is 0 Å². The van der Waals surface area contributed by atoms with Crippen LogP contribution < -0.4 is 4.90 Å². The van der Waals surface area contributed by atoms with Crippen molar-refractivity contribution < 1.29 is 0 Å². The number of benzene rings is 1.